The summed E-state index contributed by atoms with van der Waals surface area (Å²) < 4.78 is 25.7. The molecule has 2 aliphatic carbocycles. The number of nitrogens with one attached hydrogen (secondary N) is 1. The van der Waals surface area contributed by atoms with Crippen LogP contribution in [0, 0.1) is 12.3 Å². The van der Waals surface area contributed by atoms with Gasteiger partial charge in [0.25, 0.3) is 0 Å². The van der Waals surface area contributed by atoms with Crippen molar-refractivity contribution in [1.82, 2.24) is 4.90 Å². The van der Waals surface area contributed by atoms with Gasteiger partial charge in [-0.1, -0.05) is 12.0 Å². The average molecular weight is 401 g/mol. The topological polar surface area (TPSA) is 66.5 Å². The van der Waals surface area contributed by atoms with Crippen molar-refractivity contribution in [2.24, 2.45) is 0 Å². The molecule has 5 nitrogen and oxygen atoms in total. The summed E-state index contributed by atoms with van der Waals surface area (Å²) in [5.41, 5.74) is 6.03. The monoisotopic (exact) mass is 400 g/mol. The molecule has 1 unspecified atom stereocenters. The van der Waals surface area contributed by atoms with E-state index >= 15 is 0 Å². The first kappa shape index (κ1) is 19.5. The summed E-state index contributed by atoms with van der Waals surface area (Å²) in [6, 6.07) is 2.30. The zero-order chi connectivity index (χ0) is 19.7. The molecule has 150 valence electrons. The second-order valence-electron chi connectivity index (χ2n) is 8.29. The van der Waals surface area contributed by atoms with Crippen molar-refractivity contribution in [3.8, 4) is 12.3 Å². The summed E-state index contributed by atoms with van der Waals surface area (Å²) in [6.07, 6.45) is 13.0. The van der Waals surface area contributed by atoms with Gasteiger partial charge >= 0.3 is 0 Å². The number of anilines is 1. The molecule has 1 atom stereocenters. The fraction of sp³-hybridized carbons (Fsp3) is 0.591. The molecule has 0 aromatic heterocycles. The molecule has 1 fully saturated rings. The number of piperidine rings is 1. The van der Waals surface area contributed by atoms with Crippen LogP contribution in [0.2, 0.25) is 0 Å². The number of terminal acetylenes is 1. The van der Waals surface area contributed by atoms with Gasteiger partial charge in [-0.15, -0.1) is 6.42 Å². The third-order valence-corrected chi connectivity index (χ3v) is 8.42. The summed E-state index contributed by atoms with van der Waals surface area (Å²) >= 11 is 0. The Bertz CT molecular complexity index is 898. The average Bonchev–Trinajstić information content (AvgIpc) is 3.30. The van der Waals surface area contributed by atoms with E-state index in [2.05, 4.69) is 17.3 Å². The lowest BCUT2D eigenvalue weighted by Crippen LogP contribution is -2.44. The number of hydrogen-bond acceptors (Lipinski definition) is 4. The number of rotatable bonds is 5. The molecule has 1 aliphatic heterocycles. The number of carbonyl (C=O) groups excluding carboxylic acids is 1. The largest absolute Gasteiger partial charge is 0.325 e. The maximum atomic E-state index is 12.9. The summed E-state index contributed by atoms with van der Waals surface area (Å²) in [7, 11) is -3.50. The van der Waals surface area contributed by atoms with Crippen LogP contribution in [-0.4, -0.2) is 49.9 Å². The Labute approximate surface area is 167 Å². The van der Waals surface area contributed by atoms with Crippen LogP contribution in [0.15, 0.2) is 6.07 Å². The van der Waals surface area contributed by atoms with Crippen LogP contribution in [0.3, 0.4) is 0 Å². The number of aryl methyl sites for hydroxylation is 2. The fourth-order valence-corrected chi connectivity index (χ4v) is 6.66. The highest BCUT2D eigenvalue weighted by Crippen LogP contribution is 2.38. The van der Waals surface area contributed by atoms with Crippen LogP contribution in [0.5, 0.6) is 0 Å². The SMILES string of the molecule is C#CCN1CCCC(S(=O)(=O)CC(=O)Nc2c3c(cc4c2CCC4)CCC3)C1. The molecule has 0 spiro atoms. The van der Waals surface area contributed by atoms with Crippen molar-refractivity contribution in [2.75, 3.05) is 30.7 Å². The van der Waals surface area contributed by atoms with Crippen LogP contribution < -0.4 is 5.32 Å². The first-order chi connectivity index (χ1) is 13.5. The van der Waals surface area contributed by atoms with Gasteiger partial charge in [0.1, 0.15) is 5.75 Å². The second kappa shape index (κ2) is 7.88. The standard InChI is InChI=1S/C22H28N2O3S/c1-2-11-24-12-5-8-18(14-24)28(26,27)15-21(25)23-22-19-9-3-6-16(19)13-17-7-4-10-20(17)22/h1,13,18H,3-12,14-15H2,(H,23,25). The van der Waals surface area contributed by atoms with Gasteiger partial charge in [-0.3, -0.25) is 9.69 Å². The Balaban J connectivity index is 1.49. The van der Waals surface area contributed by atoms with E-state index in [1.54, 1.807) is 0 Å². The molecule has 1 saturated heterocycles. The van der Waals surface area contributed by atoms with Crippen molar-refractivity contribution in [3.63, 3.8) is 0 Å². The van der Waals surface area contributed by atoms with Crippen molar-refractivity contribution >= 4 is 21.4 Å². The van der Waals surface area contributed by atoms with E-state index < -0.39 is 26.7 Å². The van der Waals surface area contributed by atoms with E-state index in [0.29, 0.717) is 19.5 Å². The molecule has 4 rings (SSSR count). The molecule has 1 N–H and O–H groups in total. The molecule has 0 saturated carbocycles. The Hall–Kier alpha value is -1.84. The van der Waals surface area contributed by atoms with Gasteiger partial charge in [-0.25, -0.2) is 8.42 Å². The van der Waals surface area contributed by atoms with Crippen molar-refractivity contribution in [1.29, 1.82) is 0 Å². The smallest absolute Gasteiger partial charge is 0.239 e. The molecule has 0 radical (unpaired) electrons. The second-order valence-corrected chi connectivity index (χ2v) is 10.6. The number of carbonyl (C=O) groups is 1. The molecular weight excluding hydrogens is 372 g/mol. The van der Waals surface area contributed by atoms with Gasteiger partial charge in [0.05, 0.1) is 11.8 Å². The van der Waals surface area contributed by atoms with Gasteiger partial charge in [0.15, 0.2) is 9.84 Å². The van der Waals surface area contributed by atoms with Gasteiger partial charge < -0.3 is 5.32 Å². The number of benzene rings is 1. The highest BCUT2D eigenvalue weighted by Gasteiger charge is 2.33. The van der Waals surface area contributed by atoms with Crippen LogP contribution in [0.1, 0.15) is 47.9 Å². The summed E-state index contributed by atoms with van der Waals surface area (Å²) in [4.78, 5) is 14.7. The number of nitrogens with zero attached hydrogens (tertiary/aromatic N) is 1. The van der Waals surface area contributed by atoms with E-state index in [0.717, 1.165) is 57.2 Å². The number of sulfone groups is 1. The van der Waals surface area contributed by atoms with Crippen molar-refractivity contribution in [3.05, 3.63) is 28.3 Å². The first-order valence-corrected chi connectivity index (χ1v) is 12.0. The molecule has 1 heterocycles. The number of hydrogen-bond donors (Lipinski definition) is 1. The van der Waals surface area contributed by atoms with Crippen molar-refractivity contribution in [2.45, 2.75) is 56.6 Å². The summed E-state index contributed by atoms with van der Waals surface area (Å²) in [5.74, 6) is 1.74. The molecular formula is C22H28N2O3S. The molecule has 28 heavy (non-hydrogen) atoms. The first-order valence-electron chi connectivity index (χ1n) is 10.3. The normalized spacial score (nSPS) is 21.8. The van der Waals surface area contributed by atoms with Crippen LogP contribution >= 0.6 is 0 Å². The van der Waals surface area contributed by atoms with Gasteiger partial charge in [0, 0.05) is 12.2 Å². The summed E-state index contributed by atoms with van der Waals surface area (Å²) in [6.45, 7) is 1.71. The van der Waals surface area contributed by atoms with Crippen LogP contribution in [0.25, 0.3) is 0 Å². The van der Waals surface area contributed by atoms with E-state index in [1.165, 1.54) is 22.3 Å². The molecule has 1 aromatic carbocycles. The van der Waals surface area contributed by atoms with Crippen molar-refractivity contribution < 1.29 is 13.2 Å². The fourth-order valence-electron chi connectivity index (χ4n) is 5.02. The number of fused-ring (bicyclic) bond motifs is 2. The maximum Gasteiger partial charge on any atom is 0.239 e. The predicted octanol–water partition coefficient (Wildman–Crippen LogP) is 2.11. The highest BCUT2D eigenvalue weighted by atomic mass is 32.2. The quantitative estimate of drug-likeness (QED) is 0.769. The Kier molecular flexibility index (Phi) is 5.48. The predicted molar refractivity (Wildman–Crippen MR) is 111 cm³/mol. The minimum Gasteiger partial charge on any atom is -0.325 e. The van der Waals surface area contributed by atoms with E-state index in [-0.39, 0.29) is 0 Å². The number of likely N-dealkylation sites (tertiary alicyclic amines) is 1. The molecule has 0 bridgehead atoms. The van der Waals surface area contributed by atoms with Crippen LogP contribution in [-0.2, 0) is 40.3 Å². The van der Waals surface area contributed by atoms with Gasteiger partial charge in [-0.05, 0) is 80.2 Å². The minimum atomic E-state index is -3.50. The lowest BCUT2D eigenvalue weighted by molar-refractivity contribution is -0.113. The van der Waals surface area contributed by atoms with E-state index in [9.17, 15) is 13.2 Å². The van der Waals surface area contributed by atoms with E-state index in [1.807, 2.05) is 4.90 Å². The lowest BCUT2D eigenvalue weighted by atomic mass is 9.98. The zero-order valence-electron chi connectivity index (χ0n) is 16.3. The molecule has 1 aromatic rings. The third-order valence-electron chi connectivity index (χ3n) is 6.35. The van der Waals surface area contributed by atoms with Crippen LogP contribution in [0.4, 0.5) is 5.69 Å². The highest BCUT2D eigenvalue weighted by molar-refractivity contribution is 7.92. The molecule has 3 aliphatic rings. The maximum absolute atomic E-state index is 12.9. The summed E-state index contributed by atoms with van der Waals surface area (Å²) in [5, 5.41) is 2.50. The lowest BCUT2D eigenvalue weighted by Gasteiger charge is -2.30. The Morgan fingerprint density at radius 1 is 1.14 bits per heavy atom. The zero-order valence-corrected chi connectivity index (χ0v) is 17.1. The van der Waals surface area contributed by atoms with Gasteiger partial charge in [-0.2, -0.15) is 0 Å². The number of amides is 1. The Morgan fingerprint density at radius 3 is 2.46 bits per heavy atom. The third kappa shape index (κ3) is 3.83. The molecule has 1 amide bonds. The molecule has 6 heteroatoms. The van der Waals surface area contributed by atoms with E-state index in [4.69, 9.17) is 6.42 Å². The van der Waals surface area contributed by atoms with Gasteiger partial charge in [0.2, 0.25) is 5.91 Å². The Morgan fingerprint density at radius 2 is 1.82 bits per heavy atom. The minimum absolute atomic E-state index is 0.400.